The maximum atomic E-state index is 12.9. The molecule has 18 heavy (non-hydrogen) atoms. The number of halogens is 1. The fraction of sp³-hybridized carbons (Fsp3) is 0.500. The Labute approximate surface area is 108 Å². The van der Waals surface area contributed by atoms with Crippen LogP contribution in [0.5, 0.6) is 0 Å². The second-order valence-corrected chi connectivity index (χ2v) is 6.59. The van der Waals surface area contributed by atoms with Crippen molar-refractivity contribution in [2.24, 2.45) is 5.92 Å². The molecule has 1 aromatic rings. The summed E-state index contributed by atoms with van der Waals surface area (Å²) in [7, 11) is -0.586. The van der Waals surface area contributed by atoms with Crippen molar-refractivity contribution in [2.45, 2.75) is 19.9 Å². The van der Waals surface area contributed by atoms with Crippen molar-refractivity contribution in [3.05, 3.63) is 35.6 Å². The van der Waals surface area contributed by atoms with Crippen LogP contribution >= 0.6 is 0 Å². The predicted molar refractivity (Wildman–Crippen MR) is 69.7 cm³/mol. The van der Waals surface area contributed by atoms with Gasteiger partial charge in [-0.05, 0) is 23.6 Å². The summed E-state index contributed by atoms with van der Waals surface area (Å²) < 4.78 is 40.2. The van der Waals surface area contributed by atoms with Gasteiger partial charge in [-0.3, -0.25) is 0 Å². The Morgan fingerprint density at radius 2 is 1.67 bits per heavy atom. The first-order chi connectivity index (χ1) is 8.24. The topological polar surface area (TPSA) is 49.4 Å². The van der Waals surface area contributed by atoms with Crippen LogP contribution in [0.2, 0.25) is 0 Å². The van der Waals surface area contributed by atoms with Gasteiger partial charge in [0.15, 0.2) is 0 Å². The van der Waals surface area contributed by atoms with Gasteiger partial charge in [0.2, 0.25) is 0 Å². The Kier molecular flexibility index (Phi) is 4.84. The molecule has 0 saturated heterocycles. The summed E-state index contributed by atoms with van der Waals surface area (Å²) in [5.41, 5.74) is 0.747. The summed E-state index contributed by atoms with van der Waals surface area (Å²) >= 11 is 0. The van der Waals surface area contributed by atoms with E-state index < -0.39 is 10.2 Å². The van der Waals surface area contributed by atoms with Crippen molar-refractivity contribution in [1.82, 2.24) is 9.03 Å². The molecule has 102 valence electrons. The van der Waals surface area contributed by atoms with E-state index in [0.29, 0.717) is 0 Å². The number of hydrogen-bond donors (Lipinski definition) is 1. The number of hydrogen-bond acceptors (Lipinski definition) is 2. The SMILES string of the molecule is CC(C)[C@H](NS(=O)(=O)N(C)C)c1ccc(F)cc1. The Bertz CT molecular complexity index is 483. The molecule has 0 saturated carbocycles. The highest BCUT2D eigenvalue weighted by molar-refractivity contribution is 7.87. The fourth-order valence-corrected chi connectivity index (χ4v) is 2.46. The number of rotatable bonds is 5. The monoisotopic (exact) mass is 274 g/mol. The molecule has 1 aromatic carbocycles. The lowest BCUT2D eigenvalue weighted by molar-refractivity contribution is 0.436. The molecule has 0 aromatic heterocycles. The summed E-state index contributed by atoms with van der Waals surface area (Å²) in [6.45, 7) is 3.82. The molecule has 0 amide bonds. The minimum atomic E-state index is -3.51. The molecule has 6 heteroatoms. The van der Waals surface area contributed by atoms with Gasteiger partial charge in [0.05, 0.1) is 6.04 Å². The molecule has 0 unspecified atom stereocenters. The highest BCUT2D eigenvalue weighted by atomic mass is 32.2. The smallest absolute Gasteiger partial charge is 0.207 e. The van der Waals surface area contributed by atoms with E-state index in [1.807, 2.05) is 13.8 Å². The molecule has 4 nitrogen and oxygen atoms in total. The molecule has 0 aliphatic rings. The molecule has 0 aliphatic carbocycles. The lowest BCUT2D eigenvalue weighted by atomic mass is 9.97. The highest BCUT2D eigenvalue weighted by Gasteiger charge is 2.23. The predicted octanol–water partition coefficient (Wildman–Crippen LogP) is 1.92. The van der Waals surface area contributed by atoms with Crippen molar-refractivity contribution >= 4 is 10.2 Å². The van der Waals surface area contributed by atoms with Crippen LogP contribution in [-0.4, -0.2) is 26.8 Å². The minimum Gasteiger partial charge on any atom is -0.207 e. The maximum Gasteiger partial charge on any atom is 0.279 e. The lowest BCUT2D eigenvalue weighted by Gasteiger charge is -2.24. The second-order valence-electron chi connectivity index (χ2n) is 4.68. The van der Waals surface area contributed by atoms with Crippen molar-refractivity contribution in [1.29, 1.82) is 0 Å². The summed E-state index contributed by atoms with van der Waals surface area (Å²) in [5, 5.41) is 0. The van der Waals surface area contributed by atoms with Gasteiger partial charge in [0.25, 0.3) is 10.2 Å². The third kappa shape index (κ3) is 3.76. The summed E-state index contributed by atoms with van der Waals surface area (Å²) in [5.74, 6) is -0.276. The van der Waals surface area contributed by atoms with Crippen molar-refractivity contribution in [2.75, 3.05) is 14.1 Å². The Morgan fingerprint density at radius 1 is 1.17 bits per heavy atom. The first kappa shape index (κ1) is 15.1. The number of nitrogens with one attached hydrogen (secondary N) is 1. The highest BCUT2D eigenvalue weighted by Crippen LogP contribution is 2.23. The van der Waals surface area contributed by atoms with Gasteiger partial charge in [0.1, 0.15) is 5.82 Å². The summed E-state index contributed by atoms with van der Waals surface area (Å²) in [4.78, 5) is 0. The van der Waals surface area contributed by atoms with Crippen LogP contribution in [0.4, 0.5) is 4.39 Å². The number of benzene rings is 1. The molecule has 0 spiro atoms. The summed E-state index contributed by atoms with van der Waals surface area (Å²) in [6.07, 6.45) is 0. The molecular weight excluding hydrogens is 255 g/mol. The van der Waals surface area contributed by atoms with Gasteiger partial charge < -0.3 is 0 Å². The van der Waals surface area contributed by atoms with Crippen molar-refractivity contribution < 1.29 is 12.8 Å². The average Bonchev–Trinajstić information content (AvgIpc) is 2.27. The maximum absolute atomic E-state index is 12.9. The Hall–Kier alpha value is -0.980. The van der Waals surface area contributed by atoms with Gasteiger partial charge in [-0.1, -0.05) is 26.0 Å². The zero-order valence-electron chi connectivity index (χ0n) is 11.0. The van der Waals surface area contributed by atoms with Gasteiger partial charge in [-0.15, -0.1) is 0 Å². The van der Waals surface area contributed by atoms with Crippen LogP contribution in [0.15, 0.2) is 24.3 Å². The van der Waals surface area contributed by atoms with Crippen LogP contribution in [0.1, 0.15) is 25.5 Å². The van der Waals surface area contributed by atoms with Gasteiger partial charge in [0, 0.05) is 14.1 Å². The van der Waals surface area contributed by atoms with E-state index in [4.69, 9.17) is 0 Å². The molecule has 0 bridgehead atoms. The molecule has 0 heterocycles. The van der Waals surface area contributed by atoms with Crippen LogP contribution in [-0.2, 0) is 10.2 Å². The van der Waals surface area contributed by atoms with E-state index in [-0.39, 0.29) is 17.8 Å². The fourth-order valence-electron chi connectivity index (χ4n) is 1.52. The molecule has 0 radical (unpaired) electrons. The molecule has 1 N–H and O–H groups in total. The van der Waals surface area contributed by atoms with Crippen LogP contribution in [0.3, 0.4) is 0 Å². The third-order valence-electron chi connectivity index (χ3n) is 2.65. The van der Waals surface area contributed by atoms with E-state index in [2.05, 4.69) is 4.72 Å². The van der Waals surface area contributed by atoms with E-state index in [1.165, 1.54) is 26.2 Å². The van der Waals surface area contributed by atoms with Gasteiger partial charge in [-0.2, -0.15) is 17.4 Å². The third-order valence-corrected chi connectivity index (χ3v) is 4.17. The van der Waals surface area contributed by atoms with E-state index in [9.17, 15) is 12.8 Å². The van der Waals surface area contributed by atoms with Crippen LogP contribution in [0, 0.1) is 11.7 Å². The van der Waals surface area contributed by atoms with Crippen molar-refractivity contribution in [3.63, 3.8) is 0 Å². The summed E-state index contributed by atoms with van der Waals surface area (Å²) in [6, 6.07) is 5.47. The quantitative estimate of drug-likeness (QED) is 0.891. The molecule has 1 atom stereocenters. The second kappa shape index (κ2) is 5.77. The van der Waals surface area contributed by atoms with E-state index in [0.717, 1.165) is 9.87 Å². The zero-order valence-corrected chi connectivity index (χ0v) is 11.8. The lowest BCUT2D eigenvalue weighted by Crippen LogP contribution is -2.39. The van der Waals surface area contributed by atoms with E-state index >= 15 is 0 Å². The molecule has 0 aliphatic heterocycles. The normalized spacial score (nSPS) is 14.2. The van der Waals surface area contributed by atoms with Crippen molar-refractivity contribution in [3.8, 4) is 0 Å². The molecule has 0 fully saturated rings. The first-order valence-electron chi connectivity index (χ1n) is 5.69. The van der Waals surface area contributed by atoms with Gasteiger partial charge in [-0.25, -0.2) is 4.39 Å². The number of nitrogens with zero attached hydrogens (tertiary/aromatic N) is 1. The zero-order chi connectivity index (χ0) is 13.9. The molecule has 1 rings (SSSR count). The van der Waals surface area contributed by atoms with Gasteiger partial charge >= 0.3 is 0 Å². The largest absolute Gasteiger partial charge is 0.279 e. The average molecular weight is 274 g/mol. The Morgan fingerprint density at radius 3 is 2.06 bits per heavy atom. The van der Waals surface area contributed by atoms with Crippen LogP contribution < -0.4 is 4.72 Å². The minimum absolute atomic E-state index is 0.0604. The van der Waals surface area contributed by atoms with Crippen LogP contribution in [0.25, 0.3) is 0 Å². The standard InChI is InChI=1S/C12H19FN2O2S/c1-9(2)12(14-18(16,17)15(3)4)10-5-7-11(13)8-6-10/h5-9,12,14H,1-4H3/t12-/m0/s1. The van der Waals surface area contributed by atoms with E-state index in [1.54, 1.807) is 12.1 Å². The Balaban J connectivity index is 3.01. The first-order valence-corrected chi connectivity index (χ1v) is 7.13. The molecular formula is C12H19FN2O2S.